The van der Waals surface area contributed by atoms with E-state index < -0.39 is 0 Å². The monoisotopic (exact) mass is 440 g/mol. The second kappa shape index (κ2) is 11.7. The van der Waals surface area contributed by atoms with Crippen molar-refractivity contribution in [2.75, 3.05) is 33.8 Å². The van der Waals surface area contributed by atoms with Crippen molar-refractivity contribution < 1.29 is 4.74 Å². The predicted octanol–water partition coefficient (Wildman–Crippen LogP) is 2.83. The van der Waals surface area contributed by atoms with Crippen molar-refractivity contribution in [3.05, 3.63) is 60.4 Å². The van der Waals surface area contributed by atoms with Gasteiger partial charge in [0.05, 0.1) is 6.54 Å². The third-order valence-electron chi connectivity index (χ3n) is 3.40. The molecule has 5 nitrogen and oxygen atoms in total. The van der Waals surface area contributed by atoms with E-state index in [0.717, 1.165) is 36.9 Å². The van der Waals surface area contributed by atoms with Crippen LogP contribution in [0.3, 0.4) is 0 Å². The molecular weight excluding hydrogens is 415 g/mol. The lowest BCUT2D eigenvalue weighted by Crippen LogP contribution is -2.41. The molecule has 0 saturated heterocycles. The molecule has 0 saturated carbocycles. The van der Waals surface area contributed by atoms with Crippen LogP contribution in [0.25, 0.3) is 0 Å². The molecule has 1 N–H and O–H groups in total. The van der Waals surface area contributed by atoms with Gasteiger partial charge in [0.25, 0.3) is 0 Å². The molecule has 24 heavy (non-hydrogen) atoms. The van der Waals surface area contributed by atoms with Gasteiger partial charge in [0.15, 0.2) is 5.96 Å². The Morgan fingerprint density at radius 2 is 1.92 bits per heavy atom. The van der Waals surface area contributed by atoms with Gasteiger partial charge in [-0.3, -0.25) is 9.98 Å². The summed E-state index contributed by atoms with van der Waals surface area (Å²) in [6, 6.07) is 15.8. The average molecular weight is 440 g/mol. The number of para-hydroxylation sites is 1. The first-order valence-electron chi connectivity index (χ1n) is 7.79. The standard InChI is InChI=1S/C18H24N4O.HI/c1-19-18(21-13-11-16-8-6-7-12-20-16)22(2)14-15-23-17-9-4-3-5-10-17;/h3-10,12H,11,13-15H2,1-2H3,(H,19,21);1H. The van der Waals surface area contributed by atoms with Gasteiger partial charge in [-0.15, -0.1) is 24.0 Å². The van der Waals surface area contributed by atoms with Crippen LogP contribution in [0.5, 0.6) is 5.75 Å². The van der Waals surface area contributed by atoms with Crippen LogP contribution in [0.4, 0.5) is 0 Å². The second-order valence-corrected chi connectivity index (χ2v) is 5.13. The zero-order chi connectivity index (χ0) is 16.3. The summed E-state index contributed by atoms with van der Waals surface area (Å²) in [5.41, 5.74) is 1.07. The molecule has 0 unspecified atom stereocenters. The quantitative estimate of drug-likeness (QED) is 0.409. The Kier molecular flexibility index (Phi) is 9.83. The molecule has 1 aromatic carbocycles. The van der Waals surface area contributed by atoms with Crippen LogP contribution >= 0.6 is 24.0 Å². The zero-order valence-electron chi connectivity index (χ0n) is 14.2. The first kappa shape index (κ1) is 20.2. The number of benzene rings is 1. The van der Waals surface area contributed by atoms with Crippen molar-refractivity contribution in [2.24, 2.45) is 4.99 Å². The molecule has 0 bridgehead atoms. The number of hydrogen-bond acceptors (Lipinski definition) is 3. The molecule has 0 radical (unpaired) electrons. The highest BCUT2D eigenvalue weighted by molar-refractivity contribution is 14.0. The minimum Gasteiger partial charge on any atom is -0.492 e. The summed E-state index contributed by atoms with van der Waals surface area (Å²) >= 11 is 0. The number of halogens is 1. The molecule has 0 amide bonds. The summed E-state index contributed by atoms with van der Waals surface area (Å²) < 4.78 is 5.71. The zero-order valence-corrected chi connectivity index (χ0v) is 16.5. The number of nitrogens with zero attached hydrogens (tertiary/aromatic N) is 3. The first-order chi connectivity index (χ1) is 11.3. The maximum atomic E-state index is 5.71. The molecule has 0 spiro atoms. The fraction of sp³-hybridized carbons (Fsp3) is 0.333. The summed E-state index contributed by atoms with van der Waals surface area (Å²) in [6.07, 6.45) is 2.69. The van der Waals surface area contributed by atoms with Crippen LogP contribution in [-0.2, 0) is 6.42 Å². The minimum absolute atomic E-state index is 0. The highest BCUT2D eigenvalue weighted by Gasteiger charge is 2.05. The molecule has 0 aliphatic carbocycles. The van der Waals surface area contributed by atoms with Gasteiger partial charge in [-0.25, -0.2) is 0 Å². The fourth-order valence-electron chi connectivity index (χ4n) is 2.16. The number of ether oxygens (including phenoxy) is 1. The Morgan fingerprint density at radius 1 is 1.17 bits per heavy atom. The van der Waals surface area contributed by atoms with Gasteiger partial charge >= 0.3 is 0 Å². The van der Waals surface area contributed by atoms with Crippen LogP contribution < -0.4 is 10.1 Å². The third kappa shape index (κ3) is 7.16. The molecule has 0 aliphatic heterocycles. The van der Waals surface area contributed by atoms with Gasteiger partial charge in [-0.2, -0.15) is 0 Å². The summed E-state index contributed by atoms with van der Waals surface area (Å²) in [4.78, 5) is 10.7. The molecule has 1 heterocycles. The highest BCUT2D eigenvalue weighted by Crippen LogP contribution is 2.07. The maximum absolute atomic E-state index is 5.71. The number of aliphatic imine (C=N–C) groups is 1. The first-order valence-corrected chi connectivity index (χ1v) is 7.79. The van der Waals surface area contributed by atoms with Crippen molar-refractivity contribution in [1.82, 2.24) is 15.2 Å². The van der Waals surface area contributed by atoms with Gasteiger partial charge in [0, 0.05) is 39.0 Å². The second-order valence-electron chi connectivity index (χ2n) is 5.13. The van der Waals surface area contributed by atoms with Crippen LogP contribution in [-0.4, -0.2) is 49.6 Å². The Labute approximate surface area is 161 Å². The van der Waals surface area contributed by atoms with E-state index in [9.17, 15) is 0 Å². The third-order valence-corrected chi connectivity index (χ3v) is 3.40. The fourth-order valence-corrected chi connectivity index (χ4v) is 2.16. The van der Waals surface area contributed by atoms with E-state index in [2.05, 4.69) is 20.2 Å². The summed E-state index contributed by atoms with van der Waals surface area (Å²) in [6.45, 7) is 2.17. The normalized spacial score (nSPS) is 10.7. The molecule has 0 atom stereocenters. The number of likely N-dealkylation sites (N-methyl/N-ethyl adjacent to an activating group) is 1. The van der Waals surface area contributed by atoms with Crippen LogP contribution in [0.15, 0.2) is 59.7 Å². The van der Waals surface area contributed by atoms with Crippen molar-refractivity contribution >= 4 is 29.9 Å². The van der Waals surface area contributed by atoms with Crippen molar-refractivity contribution in [3.8, 4) is 5.75 Å². The van der Waals surface area contributed by atoms with Crippen molar-refractivity contribution in [3.63, 3.8) is 0 Å². The largest absolute Gasteiger partial charge is 0.492 e. The number of nitrogens with one attached hydrogen (secondary N) is 1. The molecule has 6 heteroatoms. The molecule has 2 rings (SSSR count). The van der Waals surface area contributed by atoms with Crippen LogP contribution in [0.2, 0.25) is 0 Å². The molecule has 0 fully saturated rings. The molecule has 1 aromatic heterocycles. The van der Waals surface area contributed by atoms with E-state index in [0.29, 0.717) is 6.61 Å². The van der Waals surface area contributed by atoms with E-state index in [4.69, 9.17) is 4.74 Å². The summed E-state index contributed by atoms with van der Waals surface area (Å²) in [5.74, 6) is 1.75. The number of hydrogen-bond donors (Lipinski definition) is 1. The Balaban J connectivity index is 0.00000288. The van der Waals surface area contributed by atoms with Gasteiger partial charge in [0.1, 0.15) is 12.4 Å². The van der Waals surface area contributed by atoms with Gasteiger partial charge in [-0.1, -0.05) is 24.3 Å². The summed E-state index contributed by atoms with van der Waals surface area (Å²) in [5, 5.41) is 3.35. The molecule has 0 aliphatic rings. The highest BCUT2D eigenvalue weighted by atomic mass is 127. The number of guanidine groups is 1. The van der Waals surface area contributed by atoms with Crippen molar-refractivity contribution in [2.45, 2.75) is 6.42 Å². The van der Waals surface area contributed by atoms with E-state index in [1.165, 1.54) is 0 Å². The lowest BCUT2D eigenvalue weighted by molar-refractivity contribution is 0.281. The summed E-state index contributed by atoms with van der Waals surface area (Å²) in [7, 11) is 3.79. The van der Waals surface area contributed by atoms with E-state index >= 15 is 0 Å². The van der Waals surface area contributed by atoms with E-state index in [1.807, 2.05) is 61.8 Å². The Morgan fingerprint density at radius 3 is 2.58 bits per heavy atom. The van der Waals surface area contributed by atoms with E-state index in [1.54, 1.807) is 7.05 Å². The van der Waals surface area contributed by atoms with Crippen LogP contribution in [0, 0.1) is 0 Å². The minimum atomic E-state index is 0. The molecular formula is C18H25IN4O. The maximum Gasteiger partial charge on any atom is 0.193 e. The lowest BCUT2D eigenvalue weighted by Gasteiger charge is -2.22. The van der Waals surface area contributed by atoms with Gasteiger partial charge < -0.3 is 15.0 Å². The number of pyridine rings is 1. The van der Waals surface area contributed by atoms with Gasteiger partial charge in [-0.05, 0) is 24.3 Å². The number of aromatic nitrogens is 1. The topological polar surface area (TPSA) is 49.8 Å². The van der Waals surface area contributed by atoms with Crippen LogP contribution in [0.1, 0.15) is 5.69 Å². The molecule has 2 aromatic rings. The SMILES string of the molecule is CN=C(NCCc1ccccn1)N(C)CCOc1ccccc1.I. The smallest absolute Gasteiger partial charge is 0.193 e. The van der Waals surface area contributed by atoms with Gasteiger partial charge in [0.2, 0.25) is 0 Å². The average Bonchev–Trinajstić information content (AvgIpc) is 2.60. The number of rotatable bonds is 7. The van der Waals surface area contributed by atoms with E-state index in [-0.39, 0.29) is 24.0 Å². The van der Waals surface area contributed by atoms with Crippen molar-refractivity contribution in [1.29, 1.82) is 0 Å². The Hall–Kier alpha value is -1.83. The Bertz CT molecular complexity index is 592. The lowest BCUT2D eigenvalue weighted by atomic mass is 10.3. The molecule has 130 valence electrons. The predicted molar refractivity (Wildman–Crippen MR) is 109 cm³/mol.